The van der Waals surface area contributed by atoms with Gasteiger partial charge in [0, 0.05) is 18.5 Å². The summed E-state index contributed by atoms with van der Waals surface area (Å²) in [7, 11) is 0. The van der Waals surface area contributed by atoms with E-state index in [0.29, 0.717) is 19.4 Å². The lowest BCUT2D eigenvalue weighted by molar-refractivity contribution is -0.134. The van der Waals surface area contributed by atoms with E-state index in [4.69, 9.17) is 0 Å². The van der Waals surface area contributed by atoms with E-state index in [-0.39, 0.29) is 17.6 Å². The molecule has 1 saturated carbocycles. The lowest BCUT2D eigenvalue weighted by atomic mass is 9.99. The van der Waals surface area contributed by atoms with Gasteiger partial charge in [-0.15, -0.1) is 0 Å². The van der Waals surface area contributed by atoms with Crippen LogP contribution in [0, 0.1) is 5.92 Å². The van der Waals surface area contributed by atoms with Crippen LogP contribution in [0.5, 0.6) is 0 Å². The van der Waals surface area contributed by atoms with Crippen LogP contribution in [0.1, 0.15) is 65.2 Å². The molecule has 0 radical (unpaired) electrons. The van der Waals surface area contributed by atoms with Crippen molar-refractivity contribution in [1.29, 1.82) is 0 Å². The molecule has 3 nitrogen and oxygen atoms in total. The molecule has 1 aliphatic carbocycles. The summed E-state index contributed by atoms with van der Waals surface area (Å²) in [5.41, 5.74) is -0.163. The Kier molecular flexibility index (Phi) is 4.31. The van der Waals surface area contributed by atoms with E-state index in [9.17, 15) is 9.90 Å². The summed E-state index contributed by atoms with van der Waals surface area (Å²) in [4.78, 5) is 14.1. The lowest BCUT2D eigenvalue weighted by Gasteiger charge is -2.31. The zero-order chi connectivity index (χ0) is 13.2. The first-order valence-electron chi connectivity index (χ1n) is 7.47. The highest BCUT2D eigenvalue weighted by Gasteiger charge is 2.39. The molecule has 0 aromatic rings. The summed E-state index contributed by atoms with van der Waals surface area (Å²) in [5, 5.41) is 9.69. The van der Waals surface area contributed by atoms with Crippen molar-refractivity contribution < 1.29 is 9.90 Å². The number of likely N-dealkylation sites (tertiary alicyclic amines) is 1. The minimum Gasteiger partial charge on any atom is -0.391 e. The Morgan fingerprint density at radius 3 is 2.56 bits per heavy atom. The van der Waals surface area contributed by atoms with Crippen molar-refractivity contribution in [3.8, 4) is 0 Å². The van der Waals surface area contributed by atoms with Crippen LogP contribution in [0.4, 0.5) is 0 Å². The molecule has 1 N–H and O–H groups in total. The van der Waals surface area contributed by atoms with Crippen molar-refractivity contribution in [1.82, 2.24) is 4.90 Å². The second kappa shape index (κ2) is 5.60. The average Bonchev–Trinajstić information content (AvgIpc) is 2.85. The molecule has 0 spiro atoms. The number of β-amino-alcohol motifs (C(OH)–C–C–N with tert-alkyl or cyclic N) is 1. The van der Waals surface area contributed by atoms with Crippen molar-refractivity contribution in [2.24, 2.45) is 5.92 Å². The fourth-order valence-corrected chi connectivity index (χ4v) is 3.62. The maximum atomic E-state index is 12.2. The second-order valence-electron chi connectivity index (χ2n) is 6.72. The quantitative estimate of drug-likeness (QED) is 0.837. The molecular weight excluding hydrogens is 226 g/mol. The third kappa shape index (κ3) is 3.25. The highest BCUT2D eigenvalue weighted by molar-refractivity contribution is 5.77. The molecule has 1 amide bonds. The summed E-state index contributed by atoms with van der Waals surface area (Å²) in [6, 6.07) is 0. The predicted octanol–water partition coefficient (Wildman–Crippen LogP) is 2.72. The van der Waals surface area contributed by atoms with Gasteiger partial charge in [-0.2, -0.15) is 0 Å². The monoisotopic (exact) mass is 253 g/mol. The number of amides is 1. The number of hydrogen-bond acceptors (Lipinski definition) is 2. The van der Waals surface area contributed by atoms with Gasteiger partial charge in [0.2, 0.25) is 5.91 Å². The molecule has 18 heavy (non-hydrogen) atoms. The largest absolute Gasteiger partial charge is 0.391 e. The molecule has 2 aliphatic rings. The maximum Gasteiger partial charge on any atom is 0.223 e. The highest BCUT2D eigenvalue weighted by atomic mass is 16.3. The fourth-order valence-electron chi connectivity index (χ4n) is 3.62. The summed E-state index contributed by atoms with van der Waals surface area (Å²) in [5.74, 6) is 1.10. The third-order valence-electron chi connectivity index (χ3n) is 4.64. The fraction of sp³-hybridized carbons (Fsp3) is 0.933. The van der Waals surface area contributed by atoms with Crippen LogP contribution in [0.25, 0.3) is 0 Å². The molecule has 1 aliphatic heterocycles. The number of carbonyl (C=O) groups excluding carboxylic acids is 1. The molecule has 0 aromatic carbocycles. The van der Waals surface area contributed by atoms with Crippen LogP contribution in [0.15, 0.2) is 0 Å². The van der Waals surface area contributed by atoms with E-state index >= 15 is 0 Å². The Balaban J connectivity index is 1.74. The van der Waals surface area contributed by atoms with Gasteiger partial charge in [-0.05, 0) is 39.0 Å². The normalized spacial score (nSPS) is 27.9. The van der Waals surface area contributed by atoms with Gasteiger partial charge in [0.25, 0.3) is 0 Å². The van der Waals surface area contributed by atoms with Crippen LogP contribution in [0.3, 0.4) is 0 Å². The Bertz CT molecular complexity index is 295. The molecule has 0 aromatic heterocycles. The second-order valence-corrected chi connectivity index (χ2v) is 6.72. The molecule has 1 atom stereocenters. The zero-order valence-electron chi connectivity index (χ0n) is 11.8. The Morgan fingerprint density at radius 1 is 1.33 bits per heavy atom. The van der Waals surface area contributed by atoms with Gasteiger partial charge in [0.15, 0.2) is 0 Å². The van der Waals surface area contributed by atoms with E-state index in [0.717, 1.165) is 12.3 Å². The van der Waals surface area contributed by atoms with Gasteiger partial charge in [-0.3, -0.25) is 4.79 Å². The van der Waals surface area contributed by atoms with Crippen molar-refractivity contribution >= 4 is 5.91 Å². The van der Waals surface area contributed by atoms with Crippen LogP contribution in [0.2, 0.25) is 0 Å². The number of aliphatic hydroxyl groups is 1. The zero-order valence-corrected chi connectivity index (χ0v) is 11.8. The first kappa shape index (κ1) is 13.9. The number of rotatable bonds is 4. The van der Waals surface area contributed by atoms with Gasteiger partial charge >= 0.3 is 0 Å². The Morgan fingerprint density at radius 2 is 2.00 bits per heavy atom. The molecule has 2 fully saturated rings. The molecule has 104 valence electrons. The summed E-state index contributed by atoms with van der Waals surface area (Å²) < 4.78 is 0. The first-order chi connectivity index (χ1) is 8.49. The van der Waals surface area contributed by atoms with Gasteiger partial charge in [-0.1, -0.05) is 25.7 Å². The average molecular weight is 253 g/mol. The Labute approximate surface area is 111 Å². The predicted molar refractivity (Wildman–Crippen MR) is 72.2 cm³/mol. The van der Waals surface area contributed by atoms with E-state index in [1.165, 1.54) is 32.1 Å². The number of carbonyl (C=O) groups is 1. The smallest absolute Gasteiger partial charge is 0.223 e. The highest BCUT2D eigenvalue weighted by Crippen LogP contribution is 2.31. The van der Waals surface area contributed by atoms with Gasteiger partial charge in [0.1, 0.15) is 0 Å². The van der Waals surface area contributed by atoms with Gasteiger partial charge in [-0.25, -0.2) is 0 Å². The third-order valence-corrected chi connectivity index (χ3v) is 4.64. The number of hydrogen-bond donors (Lipinski definition) is 1. The minimum absolute atomic E-state index is 0.163. The molecule has 0 bridgehead atoms. The van der Waals surface area contributed by atoms with Crippen molar-refractivity contribution in [2.45, 2.75) is 76.9 Å². The lowest BCUT2D eigenvalue weighted by Crippen LogP contribution is -2.42. The topological polar surface area (TPSA) is 40.5 Å². The van der Waals surface area contributed by atoms with Crippen LogP contribution in [-0.2, 0) is 4.79 Å². The molecular formula is C15H27NO2. The molecule has 1 unspecified atom stereocenters. The van der Waals surface area contributed by atoms with Crippen molar-refractivity contribution in [2.75, 3.05) is 6.54 Å². The van der Waals surface area contributed by atoms with Gasteiger partial charge < -0.3 is 10.0 Å². The van der Waals surface area contributed by atoms with Crippen LogP contribution >= 0.6 is 0 Å². The van der Waals surface area contributed by atoms with E-state index in [2.05, 4.69) is 13.8 Å². The van der Waals surface area contributed by atoms with E-state index in [1.807, 2.05) is 4.90 Å². The Hall–Kier alpha value is -0.570. The standard InChI is InChI=1S/C15H27NO2/c1-15(2)10-13(17)11-16(15)14(18)9-5-8-12-6-3-4-7-12/h12-13,17H,3-11H2,1-2H3. The van der Waals surface area contributed by atoms with E-state index in [1.54, 1.807) is 0 Å². The van der Waals surface area contributed by atoms with Gasteiger partial charge in [0.05, 0.1) is 6.10 Å². The van der Waals surface area contributed by atoms with Crippen molar-refractivity contribution in [3.63, 3.8) is 0 Å². The molecule has 3 heteroatoms. The molecule has 1 saturated heterocycles. The summed E-state index contributed by atoms with van der Waals surface area (Å²) in [6.45, 7) is 4.63. The van der Waals surface area contributed by atoms with Crippen LogP contribution in [-0.4, -0.2) is 34.1 Å². The molecule has 1 heterocycles. The van der Waals surface area contributed by atoms with Crippen LogP contribution < -0.4 is 0 Å². The maximum absolute atomic E-state index is 12.2. The summed E-state index contributed by atoms with van der Waals surface area (Å²) >= 11 is 0. The van der Waals surface area contributed by atoms with E-state index < -0.39 is 0 Å². The number of aliphatic hydroxyl groups excluding tert-OH is 1. The molecule has 2 rings (SSSR count). The van der Waals surface area contributed by atoms with Crippen molar-refractivity contribution in [3.05, 3.63) is 0 Å². The first-order valence-corrected chi connectivity index (χ1v) is 7.47. The SMILES string of the molecule is CC1(C)CC(O)CN1C(=O)CCCC1CCCC1. The summed E-state index contributed by atoms with van der Waals surface area (Å²) in [6.07, 6.45) is 8.75. The number of nitrogens with zero attached hydrogens (tertiary/aromatic N) is 1. The minimum atomic E-state index is -0.334.